The highest BCUT2D eigenvalue weighted by atomic mass is 32.2. The van der Waals surface area contributed by atoms with E-state index in [1.807, 2.05) is 20.8 Å². The Balaban J connectivity index is 1.06. The van der Waals surface area contributed by atoms with Crippen LogP contribution >= 0.6 is 11.3 Å². The van der Waals surface area contributed by atoms with Gasteiger partial charge in [-0.1, -0.05) is 51.1 Å². The number of nitrogens with zero attached hydrogens (tertiary/aromatic N) is 4. The van der Waals surface area contributed by atoms with Gasteiger partial charge in [0.25, 0.3) is 11.8 Å². The Kier molecular flexibility index (Phi) is 10.1. The van der Waals surface area contributed by atoms with Crippen molar-refractivity contribution in [3.63, 3.8) is 0 Å². The highest BCUT2D eigenvalue weighted by Crippen LogP contribution is 2.46. The minimum absolute atomic E-state index is 0.0543. The molecule has 0 spiro atoms. The smallest absolute Gasteiger partial charge is 0.416 e. The molecular formula is C43H44F3N7O7S2. The number of amides is 3. The molecule has 3 N–H and O–H groups in total. The Labute approximate surface area is 358 Å². The molecule has 326 valence electrons. The molecule has 3 aliphatic carbocycles. The summed E-state index contributed by atoms with van der Waals surface area (Å²) >= 11 is 1.49. The lowest BCUT2D eigenvalue weighted by Gasteiger charge is -2.35. The second-order valence-electron chi connectivity index (χ2n) is 17.6. The van der Waals surface area contributed by atoms with Crippen molar-refractivity contribution < 1.29 is 45.1 Å². The predicted octanol–water partition coefficient (Wildman–Crippen LogP) is 6.55. The second kappa shape index (κ2) is 15.1. The molecule has 0 radical (unpaired) electrons. The number of rotatable bonds is 12. The first-order valence-electron chi connectivity index (χ1n) is 20.4. The van der Waals surface area contributed by atoms with Crippen molar-refractivity contribution in [2.24, 2.45) is 11.3 Å². The van der Waals surface area contributed by atoms with Gasteiger partial charge in [-0.2, -0.15) is 18.2 Å². The van der Waals surface area contributed by atoms with Crippen molar-refractivity contribution in [1.29, 1.82) is 0 Å². The normalized spacial score (nSPS) is 22.9. The first kappa shape index (κ1) is 41.8. The summed E-state index contributed by atoms with van der Waals surface area (Å²) in [5.74, 6) is -2.58. The molecule has 2 aromatic carbocycles. The molecular weight excluding hydrogens is 848 g/mol. The lowest BCUT2D eigenvalue weighted by atomic mass is 9.85. The number of carbonyl (C=O) groups excluding carboxylic acids is 3. The van der Waals surface area contributed by atoms with Crippen LogP contribution in [0.5, 0.6) is 5.88 Å². The minimum atomic E-state index is -4.56. The third-order valence-corrected chi connectivity index (χ3v) is 14.9. The van der Waals surface area contributed by atoms with Crippen molar-refractivity contribution in [2.75, 3.05) is 11.9 Å². The fraction of sp³-hybridized carbons (Fsp3) is 0.442. The molecule has 3 aromatic heterocycles. The Morgan fingerprint density at radius 1 is 1.05 bits per heavy atom. The maximum atomic E-state index is 15.0. The number of nitrogens with one attached hydrogen (secondary N) is 3. The zero-order valence-corrected chi connectivity index (χ0v) is 35.7. The van der Waals surface area contributed by atoms with E-state index in [0.717, 1.165) is 42.0 Å². The monoisotopic (exact) mass is 891 g/mol. The zero-order chi connectivity index (χ0) is 43.9. The first-order chi connectivity index (χ1) is 29.3. The lowest BCUT2D eigenvalue weighted by Crippen LogP contribution is -2.58. The third kappa shape index (κ3) is 7.77. The number of fused-ring (bicyclic) bond motifs is 4. The summed E-state index contributed by atoms with van der Waals surface area (Å²) in [6, 6.07) is 9.36. The van der Waals surface area contributed by atoms with Crippen molar-refractivity contribution in [3.05, 3.63) is 77.3 Å². The van der Waals surface area contributed by atoms with Crippen LogP contribution in [0, 0.1) is 11.3 Å². The Hall–Kier alpha value is -5.56. The van der Waals surface area contributed by atoms with Gasteiger partial charge in [-0.25, -0.2) is 18.4 Å². The van der Waals surface area contributed by atoms with Gasteiger partial charge >= 0.3 is 6.18 Å². The molecule has 5 atom stereocenters. The Morgan fingerprint density at radius 3 is 2.45 bits per heavy atom. The molecule has 0 bridgehead atoms. The number of carbonyl (C=O) groups is 3. The number of likely N-dealkylation sites (tertiary alicyclic amines) is 1. The fourth-order valence-electron chi connectivity index (χ4n) is 8.32. The molecule has 19 heteroatoms. The number of benzene rings is 2. The molecule has 1 saturated heterocycles. The van der Waals surface area contributed by atoms with E-state index in [1.165, 1.54) is 34.4 Å². The molecule has 62 heavy (non-hydrogen) atoms. The summed E-state index contributed by atoms with van der Waals surface area (Å²) in [5.41, 5.74) is -0.937. The maximum absolute atomic E-state index is 15.0. The second-order valence-corrected chi connectivity index (χ2v) is 20.6. The molecule has 3 fully saturated rings. The standard InChI is InChI=1S/C43H44F3N7O7S2/c1-5-23-20-42(23,39(56)52-62(57,58)26-17-18-26)51-36(54)29-19-25(21-53(29)38(55)34(41(2,3)4)49-40-47-28-10-8-12-31(28)61-40)59-37-33-32(27-9-6-7-11-30(27)60-33)48-35(50-37)22-13-15-24(16-14-22)43(44,45)46/h5-7,9,11,13-16,23,25-26,29,34H,1,8,10,12,17-21H2,2-4H3,(H,47,49)(H,51,54)(H,52,56)/t23-,25-,29+,34-,42-/m1/s1. The summed E-state index contributed by atoms with van der Waals surface area (Å²) in [6.07, 6.45) is -0.331. The van der Waals surface area contributed by atoms with Crippen LogP contribution in [0.25, 0.3) is 33.5 Å². The number of sulfonamides is 1. The van der Waals surface area contributed by atoms with E-state index in [9.17, 15) is 36.0 Å². The topological polar surface area (TPSA) is 186 Å². The molecule has 14 nitrogen and oxygen atoms in total. The van der Waals surface area contributed by atoms with Crippen LogP contribution in [0.1, 0.15) is 69.0 Å². The number of furan rings is 1. The molecule has 0 unspecified atom stereocenters. The summed E-state index contributed by atoms with van der Waals surface area (Å²) in [5, 5.41) is 6.68. The molecule has 5 aromatic rings. The average Bonchev–Trinajstić information content (AvgIpc) is 3.98. The molecule has 3 amide bonds. The summed E-state index contributed by atoms with van der Waals surface area (Å²) in [7, 11) is -3.95. The number of hydrogen-bond acceptors (Lipinski definition) is 12. The highest BCUT2D eigenvalue weighted by Gasteiger charge is 2.62. The van der Waals surface area contributed by atoms with E-state index < -0.39 is 79.8 Å². The van der Waals surface area contributed by atoms with E-state index in [-0.39, 0.29) is 42.2 Å². The quantitative estimate of drug-likeness (QED) is 0.115. The fourth-order valence-corrected chi connectivity index (χ4v) is 10.8. The Morgan fingerprint density at radius 2 is 1.79 bits per heavy atom. The summed E-state index contributed by atoms with van der Waals surface area (Å²) < 4.78 is 81.1. The largest absolute Gasteiger partial charge is 0.470 e. The van der Waals surface area contributed by atoms with E-state index in [4.69, 9.17) is 14.1 Å². The first-order valence-corrected chi connectivity index (χ1v) is 22.8. The highest BCUT2D eigenvalue weighted by molar-refractivity contribution is 7.91. The maximum Gasteiger partial charge on any atom is 0.416 e. The van der Waals surface area contributed by atoms with Crippen molar-refractivity contribution >= 4 is 66.3 Å². The van der Waals surface area contributed by atoms with Crippen LogP contribution in [-0.2, 0) is 43.4 Å². The van der Waals surface area contributed by atoms with Crippen LogP contribution in [0.2, 0.25) is 0 Å². The van der Waals surface area contributed by atoms with E-state index in [1.54, 1.807) is 24.3 Å². The van der Waals surface area contributed by atoms with Crippen molar-refractivity contribution in [3.8, 4) is 17.3 Å². The summed E-state index contributed by atoms with van der Waals surface area (Å²) in [4.78, 5) is 59.9. The molecule has 2 saturated carbocycles. The zero-order valence-electron chi connectivity index (χ0n) is 34.0. The van der Waals surface area contributed by atoms with Crippen LogP contribution in [-0.4, -0.2) is 81.5 Å². The number of ether oxygens (including phenoxy) is 1. The number of hydrogen-bond donors (Lipinski definition) is 3. The lowest BCUT2D eigenvalue weighted by molar-refractivity contribution is -0.141. The van der Waals surface area contributed by atoms with Crippen molar-refractivity contribution in [1.82, 2.24) is 29.9 Å². The molecule has 4 aliphatic rings. The van der Waals surface area contributed by atoms with Crippen LogP contribution in [0.4, 0.5) is 18.3 Å². The minimum Gasteiger partial charge on any atom is -0.470 e. The van der Waals surface area contributed by atoms with Gasteiger partial charge in [-0.05, 0) is 68.2 Å². The van der Waals surface area contributed by atoms with Gasteiger partial charge < -0.3 is 24.7 Å². The number of thiazole rings is 1. The van der Waals surface area contributed by atoms with Gasteiger partial charge in [-0.3, -0.25) is 19.1 Å². The van der Waals surface area contributed by atoms with Crippen LogP contribution in [0.3, 0.4) is 0 Å². The Bertz CT molecular complexity index is 2720. The van der Waals surface area contributed by atoms with E-state index in [2.05, 4.69) is 31.9 Å². The number of para-hydroxylation sites is 1. The number of alkyl halides is 3. The van der Waals surface area contributed by atoms with Gasteiger partial charge in [-0.15, -0.1) is 17.9 Å². The van der Waals surface area contributed by atoms with E-state index >= 15 is 0 Å². The van der Waals surface area contributed by atoms with Crippen molar-refractivity contribution in [2.45, 2.75) is 101 Å². The van der Waals surface area contributed by atoms with Gasteiger partial charge in [0.05, 0.1) is 23.1 Å². The van der Waals surface area contributed by atoms with E-state index in [0.29, 0.717) is 34.5 Å². The molecule has 1 aliphatic heterocycles. The van der Waals surface area contributed by atoms with Crippen LogP contribution < -0.4 is 20.1 Å². The number of aryl methyl sites for hydroxylation is 2. The predicted molar refractivity (Wildman–Crippen MR) is 225 cm³/mol. The number of anilines is 1. The van der Waals surface area contributed by atoms with Gasteiger partial charge in [0.1, 0.15) is 34.8 Å². The average molecular weight is 892 g/mol. The summed E-state index contributed by atoms with van der Waals surface area (Å²) in [6.45, 7) is 9.35. The molecule has 4 heterocycles. The third-order valence-electron chi connectivity index (χ3n) is 12.0. The van der Waals surface area contributed by atoms with Gasteiger partial charge in [0, 0.05) is 28.2 Å². The van der Waals surface area contributed by atoms with Gasteiger partial charge in [0.15, 0.2) is 11.0 Å². The van der Waals surface area contributed by atoms with Gasteiger partial charge in [0.2, 0.25) is 27.4 Å². The molecule has 9 rings (SSSR count). The van der Waals surface area contributed by atoms with Crippen LogP contribution in [0.15, 0.2) is 65.6 Å². The number of halogens is 3. The SMILES string of the molecule is C=C[C@@H]1C[C@]1(NC(=O)[C@@H]1C[C@@H](Oc2nc(-c3ccc(C(F)(F)F)cc3)nc3c2oc2ccccc23)CN1C(=O)[C@@H](Nc1nc2c(s1)CCC2)C(C)(C)C)C(=O)NS(=O)(=O)C1CC1. The number of aromatic nitrogens is 3.